The third kappa shape index (κ3) is 20.7. The molecular formula is C52H90N10O5Si3. The molecule has 0 aliphatic carbocycles. The summed E-state index contributed by atoms with van der Waals surface area (Å²) >= 11 is 0. The minimum absolute atomic E-state index is 0.0943. The second kappa shape index (κ2) is 28.5. The Bertz CT molecular complexity index is 2320. The molecule has 390 valence electrons. The summed E-state index contributed by atoms with van der Waals surface area (Å²) in [5, 5.41) is 16.8. The number of carbonyl (C=O) groups is 1. The molecule has 5 rings (SSSR count). The molecule has 0 atom stereocenters. The first kappa shape index (κ1) is 63.5. The summed E-state index contributed by atoms with van der Waals surface area (Å²) in [7, 11) is 3.89. The molecule has 5 aromatic rings. The number of aryl methyl sites for hydroxylation is 2. The third-order valence-electron chi connectivity index (χ3n) is 12.6. The van der Waals surface area contributed by atoms with E-state index < -0.39 is 25.0 Å². The monoisotopic (exact) mass is 1020 g/mol. The second-order valence-corrected chi connectivity index (χ2v) is 36.1. The topological polar surface area (TPSA) is 181 Å². The van der Waals surface area contributed by atoms with Gasteiger partial charge in [0, 0.05) is 94.7 Å². The van der Waals surface area contributed by atoms with Crippen molar-refractivity contribution in [1.29, 1.82) is 0 Å². The van der Waals surface area contributed by atoms with Gasteiger partial charge in [-0.1, -0.05) is 80.5 Å². The number of nitrogens with zero attached hydrogens (tertiary/aromatic N) is 8. The van der Waals surface area contributed by atoms with Gasteiger partial charge in [-0.3, -0.25) is 40.4 Å². The summed E-state index contributed by atoms with van der Waals surface area (Å²) in [6.45, 7) is 37.2. The van der Waals surface area contributed by atoms with Gasteiger partial charge in [-0.05, 0) is 98.7 Å². The van der Waals surface area contributed by atoms with Crippen molar-refractivity contribution in [3.05, 3.63) is 114 Å². The number of pyridine rings is 3. The maximum atomic E-state index is 12.3. The largest absolute Gasteiger partial charge is 0.412 e. The van der Waals surface area contributed by atoms with Crippen LogP contribution in [0.15, 0.2) is 91.8 Å². The Labute approximate surface area is 425 Å². The number of hydrogen-bond donors (Lipinski definition) is 3. The second-order valence-electron chi connectivity index (χ2n) is 21.6. The molecule has 0 unspecified atom stereocenters. The molecule has 0 radical (unpaired) electrons. The van der Waals surface area contributed by atoms with Crippen LogP contribution in [0.4, 0.5) is 0 Å². The number of carbonyl (C=O) groups excluding carboxylic acids is 1. The smallest absolute Gasteiger partial charge is 0.205 e. The molecule has 0 aromatic carbocycles. The zero-order valence-corrected chi connectivity index (χ0v) is 49.7. The number of rotatable bonds is 14. The molecule has 15 nitrogen and oxygen atoms in total. The van der Waals surface area contributed by atoms with Crippen LogP contribution >= 0.6 is 0 Å². The molecule has 0 fully saturated rings. The van der Waals surface area contributed by atoms with E-state index in [0.29, 0.717) is 25.5 Å². The standard InChI is InChI=1S/C17H28N2O2Si.2C16H25N3OSi.C2H6O.CH6N2/c1-17(2,3)22(6,7)21-13-14-9-8-11-18-16(14)15(20)10-12-19(4)5;1-16(2,3)21(5,6)20-12-13-8-7-10-17-15(13)14-9-11-19(4)18-14;1-16(2,3)21(5,6)20-12-13-8-7-10-17-15(13)14-9-11-18-19(14)4;1-2-3;1-3-2/h8-12H,13H2,1-7H3;2*7-11H,12H2,1-6H3;2*3H,2H2,1H3/b12-10+;;;;. The molecule has 0 bridgehead atoms. The molecule has 18 heteroatoms. The SMILES string of the molecule is CCO.CN(C)/C=C/C(=O)c1ncccc1CO[Si](C)(C)C(C)(C)C.CNN.Cn1ccc(-c2ncccc2CO[Si](C)(C)C(C)(C)C)n1.Cn1nccc1-c1ncccc1CO[Si](C)(C)C(C)(C)C. The highest BCUT2D eigenvalue weighted by atomic mass is 28.4. The van der Waals surface area contributed by atoms with Gasteiger partial charge in [0.2, 0.25) is 5.78 Å². The lowest BCUT2D eigenvalue weighted by Crippen LogP contribution is -2.40. The van der Waals surface area contributed by atoms with Gasteiger partial charge in [-0.2, -0.15) is 10.2 Å². The normalized spacial score (nSPS) is 12.1. The highest BCUT2D eigenvalue weighted by molar-refractivity contribution is 6.74. The Morgan fingerprint density at radius 1 is 0.700 bits per heavy atom. The molecule has 5 heterocycles. The average Bonchev–Trinajstić information content (AvgIpc) is 3.91. The number of ketones is 1. The Hall–Kier alpha value is -4.51. The maximum Gasteiger partial charge on any atom is 0.205 e. The average molecular weight is 1020 g/mol. The Morgan fingerprint density at radius 3 is 1.49 bits per heavy atom. The summed E-state index contributed by atoms with van der Waals surface area (Å²) < 4.78 is 22.5. The Balaban J connectivity index is 0.000000496. The molecule has 0 aliphatic rings. The van der Waals surface area contributed by atoms with E-state index in [0.717, 1.165) is 39.5 Å². The number of nitrogens with two attached hydrogens (primary N) is 1. The van der Waals surface area contributed by atoms with E-state index in [1.54, 1.807) is 43.4 Å². The van der Waals surface area contributed by atoms with Crippen LogP contribution in [-0.4, -0.2) is 103 Å². The lowest BCUT2D eigenvalue weighted by Gasteiger charge is -2.36. The zero-order chi connectivity index (χ0) is 53.7. The predicted octanol–water partition coefficient (Wildman–Crippen LogP) is 10.9. The van der Waals surface area contributed by atoms with E-state index in [2.05, 4.69) is 150 Å². The Morgan fingerprint density at radius 2 is 1.10 bits per heavy atom. The molecule has 4 N–H and O–H groups in total. The van der Waals surface area contributed by atoms with Crippen molar-refractivity contribution in [3.63, 3.8) is 0 Å². The quantitative estimate of drug-likeness (QED) is 0.0315. The van der Waals surface area contributed by atoms with Gasteiger partial charge in [0.1, 0.15) is 11.4 Å². The van der Waals surface area contributed by atoms with E-state index in [-0.39, 0.29) is 27.5 Å². The van der Waals surface area contributed by atoms with E-state index in [4.69, 9.17) is 18.4 Å². The summed E-state index contributed by atoms with van der Waals surface area (Å²) in [5.74, 6) is 4.50. The number of nitrogens with one attached hydrogen (secondary N) is 1. The van der Waals surface area contributed by atoms with Gasteiger partial charge in [0.05, 0.1) is 36.9 Å². The zero-order valence-electron chi connectivity index (χ0n) is 46.7. The lowest BCUT2D eigenvalue weighted by atomic mass is 10.1. The van der Waals surface area contributed by atoms with Crippen LogP contribution in [-0.2, 0) is 47.2 Å². The molecule has 0 amide bonds. The van der Waals surface area contributed by atoms with Crippen LogP contribution in [0.5, 0.6) is 0 Å². The predicted molar refractivity (Wildman–Crippen MR) is 296 cm³/mol. The van der Waals surface area contributed by atoms with Crippen molar-refractivity contribution in [2.75, 3.05) is 27.7 Å². The van der Waals surface area contributed by atoms with Crippen molar-refractivity contribution in [1.82, 2.24) is 44.8 Å². The summed E-state index contributed by atoms with van der Waals surface area (Å²) in [5.41, 5.74) is 9.57. The summed E-state index contributed by atoms with van der Waals surface area (Å²) in [4.78, 5) is 27.3. The minimum atomic E-state index is -1.85. The van der Waals surface area contributed by atoms with E-state index in [1.165, 1.54) is 6.08 Å². The van der Waals surface area contributed by atoms with Gasteiger partial charge in [0.15, 0.2) is 25.0 Å². The van der Waals surface area contributed by atoms with Crippen LogP contribution in [0.25, 0.3) is 22.8 Å². The van der Waals surface area contributed by atoms with Crippen LogP contribution < -0.4 is 11.3 Å². The first-order valence-corrected chi connectivity index (χ1v) is 32.6. The highest BCUT2D eigenvalue weighted by Crippen LogP contribution is 2.39. The fourth-order valence-corrected chi connectivity index (χ4v) is 8.06. The van der Waals surface area contributed by atoms with E-state index >= 15 is 0 Å². The number of aromatic nitrogens is 7. The van der Waals surface area contributed by atoms with Crippen molar-refractivity contribution in [2.45, 2.75) is 143 Å². The molecule has 0 saturated heterocycles. The number of allylic oxidation sites excluding steroid dienone is 1. The first-order chi connectivity index (χ1) is 32.3. The van der Waals surface area contributed by atoms with Crippen LogP contribution in [0, 0.1) is 0 Å². The molecule has 0 saturated carbocycles. The summed E-state index contributed by atoms with van der Waals surface area (Å²) in [6.07, 6.45) is 12.3. The van der Waals surface area contributed by atoms with Gasteiger partial charge in [-0.25, -0.2) is 0 Å². The van der Waals surface area contributed by atoms with Gasteiger partial charge in [0.25, 0.3) is 0 Å². The maximum absolute atomic E-state index is 12.3. The Kier molecular flexibility index (Phi) is 25.9. The van der Waals surface area contributed by atoms with Gasteiger partial charge in [-0.15, -0.1) is 0 Å². The van der Waals surface area contributed by atoms with Crippen LogP contribution in [0.2, 0.25) is 54.4 Å². The molecule has 5 aromatic heterocycles. The van der Waals surface area contributed by atoms with Crippen LogP contribution in [0.1, 0.15) is 96.4 Å². The highest BCUT2D eigenvalue weighted by Gasteiger charge is 2.39. The minimum Gasteiger partial charge on any atom is -0.412 e. The number of hydrogen-bond acceptors (Lipinski definition) is 13. The third-order valence-corrected chi connectivity index (χ3v) is 26.1. The van der Waals surface area contributed by atoms with Crippen molar-refractivity contribution in [3.8, 4) is 22.8 Å². The van der Waals surface area contributed by atoms with E-state index in [9.17, 15) is 4.79 Å². The fraction of sp³-hybridized carbons (Fsp3) is 0.538. The summed E-state index contributed by atoms with van der Waals surface area (Å²) in [6, 6.07) is 15.8. The molecular weight excluding hydrogens is 929 g/mol. The molecule has 70 heavy (non-hydrogen) atoms. The van der Waals surface area contributed by atoms with Gasteiger partial charge < -0.3 is 23.3 Å². The van der Waals surface area contributed by atoms with Gasteiger partial charge >= 0.3 is 0 Å². The fourth-order valence-electron chi connectivity index (χ4n) is 5.22. The lowest BCUT2D eigenvalue weighted by molar-refractivity contribution is 0.103. The number of aliphatic hydroxyl groups excluding tert-OH is 1. The first-order valence-electron chi connectivity index (χ1n) is 23.9. The number of aliphatic hydroxyl groups is 1. The van der Waals surface area contributed by atoms with Crippen molar-refractivity contribution >= 4 is 30.7 Å². The van der Waals surface area contributed by atoms with Crippen LogP contribution in [0.3, 0.4) is 0 Å². The van der Waals surface area contributed by atoms with E-state index in [1.807, 2.05) is 86.6 Å². The molecule has 0 spiro atoms. The van der Waals surface area contributed by atoms with Crippen molar-refractivity contribution < 1.29 is 23.2 Å². The number of hydrazine groups is 1. The molecule has 0 aliphatic heterocycles. The van der Waals surface area contributed by atoms with Crippen molar-refractivity contribution in [2.24, 2.45) is 19.9 Å².